The first-order valence-electron chi connectivity index (χ1n) is 9.18. The average molecular weight is 447 g/mol. The second-order valence-corrected chi connectivity index (χ2v) is 10.8. The molecule has 5 heteroatoms. The molecule has 0 aliphatic carbocycles. The first-order chi connectivity index (χ1) is 14.3. The monoisotopic (exact) mass is 446 g/mol. The first-order valence-corrected chi connectivity index (χ1v) is 12.4. The zero-order valence-electron chi connectivity index (χ0n) is 15.1. The van der Waals surface area contributed by atoms with Crippen LogP contribution in [0, 0.1) is 0 Å². The molecule has 0 fully saturated rings. The molecule has 6 rings (SSSR count). The molecule has 4 aromatic carbocycles. The fourth-order valence-corrected chi connectivity index (χ4v) is 7.94. The van der Waals surface area contributed by atoms with E-state index in [0.717, 1.165) is 11.5 Å². The molecule has 2 aliphatic heterocycles. The van der Waals surface area contributed by atoms with Gasteiger partial charge in [-0.15, -0.1) is 0 Å². The van der Waals surface area contributed by atoms with Crippen LogP contribution in [-0.2, 0) is 0 Å². The summed E-state index contributed by atoms with van der Waals surface area (Å²) in [6, 6.07) is 29.8. The molecule has 0 N–H and O–H groups in total. The molecule has 0 amide bonds. The minimum atomic E-state index is 0.923. The van der Waals surface area contributed by atoms with Gasteiger partial charge < -0.3 is 4.74 Å². The van der Waals surface area contributed by atoms with Gasteiger partial charge in [0.15, 0.2) is 0 Å². The van der Waals surface area contributed by atoms with Gasteiger partial charge in [0.25, 0.3) is 0 Å². The van der Waals surface area contributed by atoms with Crippen molar-refractivity contribution in [2.24, 2.45) is 0 Å². The highest BCUT2D eigenvalue weighted by molar-refractivity contribution is 8.05. The van der Waals surface area contributed by atoms with Crippen LogP contribution in [-0.4, -0.2) is 0 Å². The van der Waals surface area contributed by atoms with Crippen LogP contribution < -0.4 is 4.74 Å². The minimum absolute atomic E-state index is 0.923. The van der Waals surface area contributed by atoms with Crippen LogP contribution in [0.1, 0.15) is 0 Å². The van der Waals surface area contributed by atoms with Crippen molar-refractivity contribution in [3.8, 4) is 11.5 Å². The van der Waals surface area contributed by atoms with Gasteiger partial charge in [0.1, 0.15) is 11.5 Å². The van der Waals surface area contributed by atoms with Crippen molar-refractivity contribution in [1.82, 2.24) is 0 Å². The number of hydrogen-bond donors (Lipinski definition) is 0. The predicted molar refractivity (Wildman–Crippen MR) is 122 cm³/mol. The molecule has 2 aliphatic rings. The third-order valence-electron chi connectivity index (χ3n) is 4.67. The Bertz CT molecular complexity index is 1150. The van der Waals surface area contributed by atoms with Crippen molar-refractivity contribution in [3.05, 3.63) is 84.9 Å². The lowest BCUT2D eigenvalue weighted by molar-refractivity contribution is 0.454. The smallest absolute Gasteiger partial charge is 0.142 e. The Morgan fingerprint density at radius 2 is 0.759 bits per heavy atom. The molecule has 0 radical (unpaired) electrons. The van der Waals surface area contributed by atoms with Crippen molar-refractivity contribution in [1.29, 1.82) is 0 Å². The molecular weight excluding hydrogens is 433 g/mol. The summed E-state index contributed by atoms with van der Waals surface area (Å²) >= 11 is 7.23. The van der Waals surface area contributed by atoms with Crippen LogP contribution >= 0.6 is 47.0 Å². The van der Waals surface area contributed by atoms with Crippen molar-refractivity contribution in [3.63, 3.8) is 0 Å². The number of fused-ring (bicyclic) bond motifs is 4. The lowest BCUT2D eigenvalue weighted by Gasteiger charge is -2.23. The van der Waals surface area contributed by atoms with Gasteiger partial charge in [0, 0.05) is 29.4 Å². The van der Waals surface area contributed by atoms with E-state index in [0.29, 0.717) is 0 Å². The van der Waals surface area contributed by atoms with E-state index in [1.807, 2.05) is 23.5 Å². The number of hydrogen-bond acceptors (Lipinski definition) is 5. The fraction of sp³-hybridized carbons (Fsp3) is 0. The van der Waals surface area contributed by atoms with Gasteiger partial charge in [0.2, 0.25) is 0 Å². The Labute approximate surface area is 186 Å². The molecule has 29 heavy (non-hydrogen) atoms. The van der Waals surface area contributed by atoms with Gasteiger partial charge in [-0.05, 0) is 48.5 Å². The van der Waals surface area contributed by atoms with Crippen LogP contribution in [0.2, 0.25) is 0 Å². The molecule has 2 heterocycles. The molecule has 0 unspecified atom stereocenters. The van der Waals surface area contributed by atoms with E-state index in [4.69, 9.17) is 4.74 Å². The van der Waals surface area contributed by atoms with Crippen molar-refractivity contribution in [2.45, 2.75) is 39.2 Å². The number of rotatable bonds is 2. The number of ether oxygens (including phenoxy) is 1. The van der Waals surface area contributed by atoms with Crippen molar-refractivity contribution < 1.29 is 4.74 Å². The Balaban J connectivity index is 1.38. The lowest BCUT2D eigenvalue weighted by Crippen LogP contribution is -1.96. The molecular formula is C24H14OS4. The Kier molecular flexibility index (Phi) is 4.57. The topological polar surface area (TPSA) is 9.23 Å². The molecule has 0 aromatic heterocycles. The molecule has 0 saturated carbocycles. The summed E-state index contributed by atoms with van der Waals surface area (Å²) in [5.41, 5.74) is 0. The van der Waals surface area contributed by atoms with E-state index in [9.17, 15) is 0 Å². The van der Waals surface area contributed by atoms with E-state index < -0.39 is 0 Å². The zero-order chi connectivity index (χ0) is 19.2. The quantitative estimate of drug-likeness (QED) is 0.262. The van der Waals surface area contributed by atoms with Gasteiger partial charge in [-0.2, -0.15) is 0 Å². The molecule has 0 bridgehead atoms. The number of benzene rings is 4. The normalized spacial score (nSPS) is 13.7. The van der Waals surface area contributed by atoms with Gasteiger partial charge in [-0.25, -0.2) is 0 Å². The second-order valence-electron chi connectivity index (χ2n) is 6.57. The highest BCUT2D eigenvalue weighted by atomic mass is 32.2. The van der Waals surface area contributed by atoms with Gasteiger partial charge in [-0.1, -0.05) is 83.4 Å². The van der Waals surface area contributed by atoms with Gasteiger partial charge in [-0.3, -0.25) is 0 Å². The van der Waals surface area contributed by atoms with Crippen molar-refractivity contribution >= 4 is 47.0 Å². The van der Waals surface area contributed by atoms with E-state index in [1.54, 1.807) is 23.5 Å². The fourth-order valence-electron chi connectivity index (χ4n) is 3.33. The van der Waals surface area contributed by atoms with Crippen LogP contribution in [0.25, 0.3) is 0 Å². The summed E-state index contributed by atoms with van der Waals surface area (Å²) < 4.78 is 6.54. The Morgan fingerprint density at radius 1 is 0.379 bits per heavy atom. The summed E-state index contributed by atoms with van der Waals surface area (Å²) in [6.07, 6.45) is 0. The maximum absolute atomic E-state index is 6.54. The summed E-state index contributed by atoms with van der Waals surface area (Å²) in [5.74, 6) is 1.85. The largest absolute Gasteiger partial charge is 0.455 e. The third-order valence-corrected chi connectivity index (χ3v) is 9.86. The predicted octanol–water partition coefficient (Wildman–Crippen LogP) is 8.71. The Morgan fingerprint density at radius 3 is 1.21 bits per heavy atom. The minimum Gasteiger partial charge on any atom is -0.455 e. The third kappa shape index (κ3) is 3.26. The maximum atomic E-state index is 6.54. The highest BCUT2D eigenvalue weighted by Gasteiger charge is 2.23. The van der Waals surface area contributed by atoms with E-state index in [2.05, 4.69) is 84.9 Å². The highest BCUT2D eigenvalue weighted by Crippen LogP contribution is 2.55. The summed E-state index contributed by atoms with van der Waals surface area (Å²) in [7, 11) is 0. The van der Waals surface area contributed by atoms with Gasteiger partial charge >= 0.3 is 0 Å². The molecule has 0 saturated heterocycles. The van der Waals surface area contributed by atoms with E-state index in [-0.39, 0.29) is 0 Å². The average Bonchev–Trinajstić information content (AvgIpc) is 2.77. The summed E-state index contributed by atoms with van der Waals surface area (Å²) in [6.45, 7) is 0. The van der Waals surface area contributed by atoms with Crippen LogP contribution in [0.4, 0.5) is 0 Å². The maximum Gasteiger partial charge on any atom is 0.142 e. The molecule has 1 nitrogen and oxygen atoms in total. The van der Waals surface area contributed by atoms with Crippen molar-refractivity contribution in [2.75, 3.05) is 0 Å². The molecule has 140 valence electrons. The molecule has 4 aromatic rings. The zero-order valence-corrected chi connectivity index (χ0v) is 18.4. The van der Waals surface area contributed by atoms with Crippen LogP contribution in [0.5, 0.6) is 11.5 Å². The molecule has 0 atom stereocenters. The summed E-state index contributed by atoms with van der Waals surface area (Å²) in [5, 5.41) is 0. The first kappa shape index (κ1) is 17.9. The van der Waals surface area contributed by atoms with Crippen LogP contribution in [0.3, 0.4) is 0 Å². The standard InChI is InChI=1S/C24H14OS4/c1-3-11-19-17(9-1)26-21-13-5-7-15(23(21)28-19)25-16-8-6-14-22-24(16)29-20-12-4-2-10-18(20)27-22/h1-14H. The summed E-state index contributed by atoms with van der Waals surface area (Å²) in [4.78, 5) is 10.1. The van der Waals surface area contributed by atoms with Crippen LogP contribution in [0.15, 0.2) is 124 Å². The van der Waals surface area contributed by atoms with Gasteiger partial charge in [0.05, 0.1) is 9.79 Å². The molecule has 0 spiro atoms. The second kappa shape index (κ2) is 7.40. The lowest BCUT2D eigenvalue weighted by atomic mass is 10.3. The van der Waals surface area contributed by atoms with E-state index in [1.165, 1.54) is 39.2 Å². The SMILES string of the molecule is c1ccc2c(c1)Sc1cccc(Oc3cccc4c3Sc3ccccc3S4)c1S2. The van der Waals surface area contributed by atoms with E-state index >= 15 is 0 Å². The Hall–Kier alpha value is -1.92.